The van der Waals surface area contributed by atoms with E-state index in [4.69, 9.17) is 5.11 Å². The molecule has 0 aromatic carbocycles. The fraction of sp³-hybridized carbons (Fsp3) is 0.125. The van der Waals surface area contributed by atoms with E-state index in [1.165, 1.54) is 16.0 Å². The summed E-state index contributed by atoms with van der Waals surface area (Å²) >= 11 is 4.76. The molecule has 78 valence electrons. The summed E-state index contributed by atoms with van der Waals surface area (Å²) < 4.78 is 2.08. The predicted molar refractivity (Wildman–Crippen MR) is 59.0 cm³/mol. The standard InChI is InChI=1S/C8H6BrN3O2S/c1-12-6(8(13)14)5(10-11-12)7-4(9)2-3-15-7/h2-3H,1H3,(H,13,14). The van der Waals surface area contributed by atoms with Crippen molar-refractivity contribution in [2.24, 2.45) is 7.05 Å². The highest BCUT2D eigenvalue weighted by atomic mass is 79.9. The Labute approximate surface area is 97.5 Å². The van der Waals surface area contributed by atoms with Crippen molar-refractivity contribution in [2.45, 2.75) is 0 Å². The van der Waals surface area contributed by atoms with Crippen LogP contribution in [0.15, 0.2) is 15.9 Å². The van der Waals surface area contributed by atoms with Crippen molar-refractivity contribution < 1.29 is 9.90 Å². The molecule has 0 aliphatic carbocycles. The van der Waals surface area contributed by atoms with Gasteiger partial charge in [0.15, 0.2) is 5.69 Å². The van der Waals surface area contributed by atoms with Crippen LogP contribution in [0.25, 0.3) is 10.6 Å². The highest BCUT2D eigenvalue weighted by Crippen LogP contribution is 2.33. The maximum Gasteiger partial charge on any atom is 0.356 e. The average Bonchev–Trinajstić information content (AvgIpc) is 2.71. The molecule has 0 radical (unpaired) electrons. The van der Waals surface area contributed by atoms with Crippen molar-refractivity contribution >= 4 is 33.2 Å². The predicted octanol–water partition coefficient (Wildman–Crippen LogP) is 2.00. The second kappa shape index (κ2) is 3.74. The van der Waals surface area contributed by atoms with Crippen molar-refractivity contribution in [1.82, 2.24) is 15.0 Å². The minimum atomic E-state index is -1.03. The van der Waals surface area contributed by atoms with Gasteiger partial charge in [0.25, 0.3) is 0 Å². The SMILES string of the molecule is Cn1nnc(-c2sccc2Br)c1C(=O)O. The smallest absolute Gasteiger partial charge is 0.356 e. The van der Waals surface area contributed by atoms with Crippen LogP contribution in [0.1, 0.15) is 10.5 Å². The first-order valence-corrected chi connectivity index (χ1v) is 5.65. The highest BCUT2D eigenvalue weighted by Gasteiger charge is 2.21. The van der Waals surface area contributed by atoms with E-state index in [9.17, 15) is 4.79 Å². The quantitative estimate of drug-likeness (QED) is 0.917. The van der Waals surface area contributed by atoms with Crippen LogP contribution in [0.2, 0.25) is 0 Å². The van der Waals surface area contributed by atoms with Crippen LogP contribution in [0.3, 0.4) is 0 Å². The fourth-order valence-corrected chi connectivity index (χ4v) is 2.76. The third kappa shape index (κ3) is 1.68. The van der Waals surface area contributed by atoms with Crippen LogP contribution in [0.5, 0.6) is 0 Å². The molecular weight excluding hydrogens is 282 g/mol. The van der Waals surface area contributed by atoms with Crippen LogP contribution in [-0.2, 0) is 7.05 Å². The van der Waals surface area contributed by atoms with Crippen LogP contribution < -0.4 is 0 Å². The second-order valence-corrected chi connectivity index (χ2v) is 4.58. The van der Waals surface area contributed by atoms with Crippen LogP contribution in [-0.4, -0.2) is 26.1 Å². The normalized spacial score (nSPS) is 10.5. The van der Waals surface area contributed by atoms with Gasteiger partial charge in [-0.15, -0.1) is 16.4 Å². The molecule has 0 saturated carbocycles. The summed E-state index contributed by atoms with van der Waals surface area (Å²) in [6.07, 6.45) is 0. The second-order valence-electron chi connectivity index (χ2n) is 2.81. The van der Waals surface area contributed by atoms with Gasteiger partial charge in [0.1, 0.15) is 5.69 Å². The van der Waals surface area contributed by atoms with Crippen LogP contribution >= 0.6 is 27.3 Å². The van der Waals surface area contributed by atoms with E-state index in [0.717, 1.165) is 9.35 Å². The van der Waals surface area contributed by atoms with E-state index in [0.29, 0.717) is 5.69 Å². The largest absolute Gasteiger partial charge is 0.476 e. The summed E-state index contributed by atoms with van der Waals surface area (Å²) in [6.45, 7) is 0. The number of hydrogen-bond donors (Lipinski definition) is 1. The van der Waals surface area contributed by atoms with E-state index in [1.54, 1.807) is 7.05 Å². The first-order valence-electron chi connectivity index (χ1n) is 3.97. The fourth-order valence-electron chi connectivity index (χ4n) is 1.21. The summed E-state index contributed by atoms with van der Waals surface area (Å²) in [5.41, 5.74) is 0.491. The monoisotopic (exact) mass is 287 g/mol. The van der Waals surface area contributed by atoms with Crippen molar-refractivity contribution in [3.63, 3.8) is 0 Å². The molecule has 2 heterocycles. The number of aryl methyl sites for hydroxylation is 1. The molecule has 0 aliphatic rings. The maximum atomic E-state index is 11.0. The summed E-state index contributed by atoms with van der Waals surface area (Å²) in [5, 5.41) is 18.4. The zero-order chi connectivity index (χ0) is 11.0. The van der Waals surface area contributed by atoms with Crippen LogP contribution in [0.4, 0.5) is 0 Å². The number of halogens is 1. The van der Waals surface area contributed by atoms with Crippen molar-refractivity contribution in [3.8, 4) is 10.6 Å². The molecule has 2 aromatic heterocycles. The Hall–Kier alpha value is -1.21. The maximum absolute atomic E-state index is 11.0. The number of aromatic nitrogens is 3. The lowest BCUT2D eigenvalue weighted by atomic mass is 10.3. The molecule has 0 atom stereocenters. The van der Waals surface area contributed by atoms with Gasteiger partial charge in [-0.1, -0.05) is 5.21 Å². The molecule has 0 aliphatic heterocycles. The first-order chi connectivity index (χ1) is 7.11. The van der Waals surface area contributed by atoms with Crippen molar-refractivity contribution in [2.75, 3.05) is 0 Å². The van der Waals surface area contributed by atoms with E-state index in [2.05, 4.69) is 26.2 Å². The van der Waals surface area contributed by atoms with Gasteiger partial charge in [-0.3, -0.25) is 0 Å². The van der Waals surface area contributed by atoms with E-state index in [1.807, 2.05) is 11.4 Å². The van der Waals surface area contributed by atoms with E-state index >= 15 is 0 Å². The third-order valence-corrected chi connectivity index (χ3v) is 3.71. The van der Waals surface area contributed by atoms with Gasteiger partial charge in [0, 0.05) is 11.5 Å². The highest BCUT2D eigenvalue weighted by molar-refractivity contribution is 9.10. The third-order valence-electron chi connectivity index (χ3n) is 1.86. The Morgan fingerprint density at radius 2 is 2.40 bits per heavy atom. The van der Waals surface area contributed by atoms with Gasteiger partial charge >= 0.3 is 5.97 Å². The number of aromatic carboxylic acids is 1. The Morgan fingerprint density at radius 1 is 1.67 bits per heavy atom. The van der Waals surface area contributed by atoms with Gasteiger partial charge in [-0.05, 0) is 27.4 Å². The van der Waals surface area contributed by atoms with Gasteiger partial charge in [0.2, 0.25) is 0 Å². The summed E-state index contributed by atoms with van der Waals surface area (Å²) in [4.78, 5) is 11.8. The molecule has 7 heteroatoms. The Kier molecular flexibility index (Phi) is 2.57. The van der Waals surface area contributed by atoms with Gasteiger partial charge in [-0.2, -0.15) is 0 Å². The number of hydrogen-bond acceptors (Lipinski definition) is 4. The summed E-state index contributed by atoms with van der Waals surface area (Å²) in [6, 6.07) is 1.85. The number of carboxylic acids is 1. The van der Waals surface area contributed by atoms with Crippen molar-refractivity contribution in [3.05, 3.63) is 21.6 Å². The number of rotatable bonds is 2. The molecule has 0 spiro atoms. The molecule has 0 fully saturated rings. The lowest BCUT2D eigenvalue weighted by Crippen LogP contribution is -2.06. The minimum absolute atomic E-state index is 0.0955. The number of carboxylic acid groups (broad SMARTS) is 1. The molecule has 0 saturated heterocycles. The number of carbonyl (C=O) groups is 1. The number of thiophene rings is 1. The lowest BCUT2D eigenvalue weighted by Gasteiger charge is -1.96. The Balaban J connectivity index is 2.64. The molecule has 5 nitrogen and oxygen atoms in total. The molecule has 2 rings (SSSR count). The van der Waals surface area contributed by atoms with E-state index in [-0.39, 0.29) is 5.69 Å². The molecular formula is C8H6BrN3O2S. The zero-order valence-corrected chi connectivity index (χ0v) is 10.0. The minimum Gasteiger partial charge on any atom is -0.476 e. The van der Waals surface area contributed by atoms with Gasteiger partial charge in [0.05, 0.1) is 4.88 Å². The van der Waals surface area contributed by atoms with Crippen LogP contribution in [0, 0.1) is 0 Å². The van der Waals surface area contributed by atoms with Gasteiger partial charge in [-0.25, -0.2) is 9.48 Å². The Morgan fingerprint density at radius 3 is 2.93 bits per heavy atom. The van der Waals surface area contributed by atoms with E-state index < -0.39 is 5.97 Å². The molecule has 0 unspecified atom stereocenters. The molecule has 15 heavy (non-hydrogen) atoms. The Bertz CT molecular complexity index is 520. The summed E-state index contributed by atoms with van der Waals surface area (Å²) in [5.74, 6) is -1.03. The molecule has 0 bridgehead atoms. The molecule has 2 aromatic rings. The van der Waals surface area contributed by atoms with Crippen molar-refractivity contribution in [1.29, 1.82) is 0 Å². The molecule has 1 N–H and O–H groups in total. The summed E-state index contributed by atoms with van der Waals surface area (Å²) in [7, 11) is 1.56. The molecule has 0 amide bonds. The average molecular weight is 288 g/mol. The zero-order valence-electron chi connectivity index (χ0n) is 7.64. The first kappa shape index (κ1) is 10.3. The topological polar surface area (TPSA) is 68.0 Å². The number of nitrogens with zero attached hydrogens (tertiary/aromatic N) is 3. The van der Waals surface area contributed by atoms with Gasteiger partial charge < -0.3 is 5.11 Å². The lowest BCUT2D eigenvalue weighted by molar-refractivity contribution is 0.0686.